The number of carbonyl (C=O) groups excluding carboxylic acids is 1. The first-order chi connectivity index (χ1) is 8.56. The lowest BCUT2D eigenvalue weighted by Crippen LogP contribution is -2.40. The number of halogens is 2. The van der Waals surface area contributed by atoms with E-state index in [0.29, 0.717) is 19.4 Å². The molecule has 1 aliphatic rings. The molecule has 1 amide bonds. The van der Waals surface area contributed by atoms with E-state index in [1.165, 1.54) is 17.0 Å². The Morgan fingerprint density at radius 3 is 2.78 bits per heavy atom. The van der Waals surface area contributed by atoms with Crippen molar-refractivity contribution in [2.24, 2.45) is 5.73 Å². The molecule has 0 bridgehead atoms. The van der Waals surface area contributed by atoms with Crippen molar-refractivity contribution in [1.82, 2.24) is 0 Å². The highest BCUT2D eigenvalue weighted by atomic mass is 19.2. The average molecular weight is 251 g/mol. The largest absolute Gasteiger partial charge is 0.368 e. The Hall–Kier alpha value is -2.16. The Kier molecular flexibility index (Phi) is 3.15. The summed E-state index contributed by atoms with van der Waals surface area (Å²) in [5, 5.41) is 8.59. The molecule has 0 radical (unpaired) electrons. The number of rotatable bonds is 2. The van der Waals surface area contributed by atoms with E-state index >= 15 is 0 Å². The summed E-state index contributed by atoms with van der Waals surface area (Å²) in [6, 6.07) is 3.45. The van der Waals surface area contributed by atoms with Crippen molar-refractivity contribution < 1.29 is 13.6 Å². The number of carbonyl (C=O) groups is 1. The molecular formula is C12H11F2N3O. The van der Waals surface area contributed by atoms with Crippen LogP contribution in [0.2, 0.25) is 0 Å². The van der Waals surface area contributed by atoms with Crippen LogP contribution in [0.4, 0.5) is 14.5 Å². The number of nitrogens with zero attached hydrogens (tertiary/aromatic N) is 2. The van der Waals surface area contributed by atoms with E-state index in [9.17, 15) is 13.6 Å². The molecule has 18 heavy (non-hydrogen) atoms. The molecule has 1 aromatic carbocycles. The molecule has 6 heteroatoms. The zero-order chi connectivity index (χ0) is 13.3. The van der Waals surface area contributed by atoms with Gasteiger partial charge in [0.15, 0.2) is 11.6 Å². The van der Waals surface area contributed by atoms with Crippen LogP contribution in [0.5, 0.6) is 0 Å². The molecule has 1 saturated heterocycles. The lowest BCUT2D eigenvalue weighted by atomic mass is 10.1. The molecule has 1 atom stereocenters. The van der Waals surface area contributed by atoms with Crippen molar-refractivity contribution in [3.63, 3.8) is 0 Å². The van der Waals surface area contributed by atoms with Crippen molar-refractivity contribution >= 4 is 11.6 Å². The van der Waals surface area contributed by atoms with Crippen molar-refractivity contribution in [2.45, 2.75) is 18.9 Å². The van der Waals surface area contributed by atoms with E-state index in [1.54, 1.807) is 6.07 Å². The molecule has 2 N–H and O–H groups in total. The van der Waals surface area contributed by atoms with Gasteiger partial charge in [-0.25, -0.2) is 8.78 Å². The van der Waals surface area contributed by atoms with Crippen LogP contribution in [-0.4, -0.2) is 18.5 Å². The highest BCUT2D eigenvalue weighted by Crippen LogP contribution is 2.30. The van der Waals surface area contributed by atoms with Crippen LogP contribution in [0.1, 0.15) is 18.4 Å². The van der Waals surface area contributed by atoms with E-state index in [4.69, 9.17) is 11.0 Å². The molecule has 1 heterocycles. The molecule has 94 valence electrons. The molecule has 4 nitrogen and oxygen atoms in total. The molecule has 1 unspecified atom stereocenters. The molecule has 1 aliphatic heterocycles. The van der Waals surface area contributed by atoms with Crippen LogP contribution in [0.15, 0.2) is 12.1 Å². The summed E-state index contributed by atoms with van der Waals surface area (Å²) in [7, 11) is 0. The molecular weight excluding hydrogens is 240 g/mol. The van der Waals surface area contributed by atoms with E-state index in [1.807, 2.05) is 0 Å². The zero-order valence-electron chi connectivity index (χ0n) is 9.49. The number of hydrogen-bond donors (Lipinski definition) is 1. The summed E-state index contributed by atoms with van der Waals surface area (Å²) in [6.07, 6.45) is 1.21. The Morgan fingerprint density at radius 1 is 1.44 bits per heavy atom. The van der Waals surface area contributed by atoms with Crippen LogP contribution in [-0.2, 0) is 4.79 Å². The van der Waals surface area contributed by atoms with Crippen molar-refractivity contribution in [3.05, 3.63) is 29.3 Å². The summed E-state index contributed by atoms with van der Waals surface area (Å²) in [5.74, 6) is -2.86. The van der Waals surface area contributed by atoms with Gasteiger partial charge in [-0.2, -0.15) is 5.26 Å². The van der Waals surface area contributed by atoms with Gasteiger partial charge in [-0.3, -0.25) is 4.79 Å². The van der Waals surface area contributed by atoms with E-state index in [0.717, 1.165) is 0 Å². The first-order valence-electron chi connectivity index (χ1n) is 5.50. The maximum absolute atomic E-state index is 13.8. The fourth-order valence-electron chi connectivity index (χ4n) is 2.20. The topological polar surface area (TPSA) is 70.1 Å². The van der Waals surface area contributed by atoms with Crippen LogP contribution in [0.25, 0.3) is 0 Å². The quantitative estimate of drug-likeness (QED) is 0.861. The third kappa shape index (κ3) is 1.88. The van der Waals surface area contributed by atoms with Gasteiger partial charge >= 0.3 is 0 Å². The number of nitrogens with two attached hydrogens (primary N) is 1. The van der Waals surface area contributed by atoms with Gasteiger partial charge in [0, 0.05) is 6.54 Å². The smallest absolute Gasteiger partial charge is 0.240 e. The number of hydrogen-bond acceptors (Lipinski definition) is 3. The third-order valence-electron chi connectivity index (χ3n) is 3.07. The lowest BCUT2D eigenvalue weighted by molar-refractivity contribution is -0.119. The SMILES string of the molecule is N#Cc1ccc(N2CCCC2C(N)=O)c(F)c1F. The Balaban J connectivity index is 2.43. The van der Waals surface area contributed by atoms with Gasteiger partial charge in [-0.15, -0.1) is 0 Å². The molecule has 0 aromatic heterocycles. The van der Waals surface area contributed by atoms with Crippen LogP contribution >= 0.6 is 0 Å². The predicted octanol–water partition coefficient (Wildman–Crippen LogP) is 1.29. The number of anilines is 1. The molecule has 0 spiro atoms. The highest BCUT2D eigenvalue weighted by molar-refractivity contribution is 5.84. The van der Waals surface area contributed by atoms with Crippen molar-refractivity contribution in [1.29, 1.82) is 5.26 Å². The van der Waals surface area contributed by atoms with Gasteiger partial charge in [0.05, 0.1) is 11.3 Å². The normalized spacial score (nSPS) is 18.7. The maximum atomic E-state index is 13.8. The van der Waals surface area contributed by atoms with Crippen LogP contribution in [0.3, 0.4) is 0 Å². The molecule has 0 aliphatic carbocycles. The number of amides is 1. The standard InChI is InChI=1S/C12H11F2N3O/c13-10-7(6-15)3-4-8(11(10)14)17-5-1-2-9(17)12(16)18/h3-4,9H,1-2,5H2,(H2,16,18). The fourth-order valence-corrected chi connectivity index (χ4v) is 2.20. The molecule has 2 rings (SSSR count). The Morgan fingerprint density at radius 2 is 2.17 bits per heavy atom. The van der Waals surface area contributed by atoms with Gasteiger partial charge in [0.1, 0.15) is 12.1 Å². The zero-order valence-corrected chi connectivity index (χ0v) is 9.49. The van der Waals surface area contributed by atoms with E-state index < -0.39 is 23.6 Å². The van der Waals surface area contributed by atoms with Gasteiger partial charge in [0.25, 0.3) is 0 Å². The van der Waals surface area contributed by atoms with Gasteiger partial charge in [-0.05, 0) is 25.0 Å². The monoisotopic (exact) mass is 251 g/mol. The molecule has 1 fully saturated rings. The summed E-state index contributed by atoms with van der Waals surface area (Å²) in [6.45, 7) is 0.440. The number of nitriles is 1. The first-order valence-corrected chi connectivity index (χ1v) is 5.50. The van der Waals surface area contributed by atoms with Gasteiger partial charge in [-0.1, -0.05) is 0 Å². The fraction of sp³-hybridized carbons (Fsp3) is 0.333. The second-order valence-corrected chi connectivity index (χ2v) is 4.13. The third-order valence-corrected chi connectivity index (χ3v) is 3.07. The number of benzene rings is 1. The summed E-state index contributed by atoms with van der Waals surface area (Å²) >= 11 is 0. The van der Waals surface area contributed by atoms with E-state index in [2.05, 4.69) is 0 Å². The Labute approximate surface area is 103 Å². The summed E-state index contributed by atoms with van der Waals surface area (Å²) in [5.41, 5.74) is 4.84. The minimum absolute atomic E-state index is 0.0206. The maximum Gasteiger partial charge on any atom is 0.240 e. The molecule has 1 aromatic rings. The minimum atomic E-state index is -1.19. The lowest BCUT2D eigenvalue weighted by Gasteiger charge is -2.24. The van der Waals surface area contributed by atoms with Crippen molar-refractivity contribution in [3.8, 4) is 6.07 Å². The average Bonchev–Trinajstić information content (AvgIpc) is 2.81. The second-order valence-electron chi connectivity index (χ2n) is 4.13. The highest BCUT2D eigenvalue weighted by Gasteiger charge is 2.31. The minimum Gasteiger partial charge on any atom is -0.368 e. The summed E-state index contributed by atoms with van der Waals surface area (Å²) < 4.78 is 27.3. The Bertz CT molecular complexity index is 539. The molecule has 0 saturated carbocycles. The second kappa shape index (κ2) is 4.61. The number of primary amides is 1. The van der Waals surface area contributed by atoms with Gasteiger partial charge < -0.3 is 10.6 Å². The van der Waals surface area contributed by atoms with E-state index in [-0.39, 0.29) is 11.3 Å². The van der Waals surface area contributed by atoms with Crippen LogP contribution in [0, 0.1) is 23.0 Å². The summed E-state index contributed by atoms with van der Waals surface area (Å²) in [4.78, 5) is 12.7. The predicted molar refractivity (Wildman–Crippen MR) is 60.6 cm³/mol. The van der Waals surface area contributed by atoms with Crippen LogP contribution < -0.4 is 10.6 Å². The first kappa shape index (κ1) is 12.3. The van der Waals surface area contributed by atoms with Crippen molar-refractivity contribution in [2.75, 3.05) is 11.4 Å². The van der Waals surface area contributed by atoms with Gasteiger partial charge in [0.2, 0.25) is 5.91 Å².